The molecule has 0 radical (unpaired) electrons. The highest BCUT2D eigenvalue weighted by Crippen LogP contribution is 2.24. The van der Waals surface area contributed by atoms with E-state index in [-0.39, 0.29) is 0 Å². The molecule has 0 heteroatoms. The van der Waals surface area contributed by atoms with Crippen LogP contribution in [0.4, 0.5) is 0 Å². The molecule has 0 bridgehead atoms. The summed E-state index contributed by atoms with van der Waals surface area (Å²) in [6.07, 6.45) is 21.6. The van der Waals surface area contributed by atoms with Gasteiger partial charge in [0.05, 0.1) is 0 Å². The lowest BCUT2D eigenvalue weighted by Crippen LogP contribution is -2.02. The van der Waals surface area contributed by atoms with Gasteiger partial charge in [-0.1, -0.05) is 145 Å². The van der Waals surface area contributed by atoms with Crippen molar-refractivity contribution in [3.05, 3.63) is 0 Å². The van der Waals surface area contributed by atoms with Crippen LogP contribution < -0.4 is 0 Å². The van der Waals surface area contributed by atoms with Crippen molar-refractivity contribution in [1.29, 1.82) is 0 Å². The molecule has 4 atom stereocenters. The van der Waals surface area contributed by atoms with Crippen molar-refractivity contribution in [2.45, 2.75) is 145 Å². The van der Waals surface area contributed by atoms with Crippen LogP contribution in [0.15, 0.2) is 0 Å². The van der Waals surface area contributed by atoms with E-state index in [2.05, 4.69) is 48.5 Å². The van der Waals surface area contributed by atoms with Crippen molar-refractivity contribution in [2.75, 3.05) is 0 Å². The van der Waals surface area contributed by atoms with Gasteiger partial charge in [-0.2, -0.15) is 0 Å². The summed E-state index contributed by atoms with van der Waals surface area (Å²) in [7, 11) is 0. The summed E-state index contributed by atoms with van der Waals surface area (Å²) in [6, 6.07) is 0. The summed E-state index contributed by atoms with van der Waals surface area (Å²) in [4.78, 5) is 0. The number of rotatable bonds is 19. The molecule has 0 amide bonds. The second-order valence-electron chi connectivity index (χ2n) is 10.7. The standard InChI is InChI=1S/C27H56/c1-8-14-24(4)16-9-10-17-25(5)19-12-21-27(7)22-13-20-26(6)18-11-15-23(2)3/h23-27H,8-22H2,1-7H3. The van der Waals surface area contributed by atoms with Crippen molar-refractivity contribution in [3.63, 3.8) is 0 Å². The van der Waals surface area contributed by atoms with Crippen molar-refractivity contribution in [1.82, 2.24) is 0 Å². The first-order valence-corrected chi connectivity index (χ1v) is 12.8. The van der Waals surface area contributed by atoms with Gasteiger partial charge in [-0.3, -0.25) is 0 Å². The Morgan fingerprint density at radius 3 is 1.00 bits per heavy atom. The van der Waals surface area contributed by atoms with Crippen LogP contribution in [0.3, 0.4) is 0 Å². The summed E-state index contributed by atoms with van der Waals surface area (Å²) in [5.41, 5.74) is 0. The van der Waals surface area contributed by atoms with Crippen LogP contribution in [0.5, 0.6) is 0 Å². The molecule has 0 aromatic rings. The van der Waals surface area contributed by atoms with Crippen molar-refractivity contribution < 1.29 is 0 Å². The van der Waals surface area contributed by atoms with Crippen LogP contribution in [0.2, 0.25) is 0 Å². The van der Waals surface area contributed by atoms with E-state index >= 15 is 0 Å². The molecule has 0 aromatic carbocycles. The molecular weight excluding hydrogens is 324 g/mol. The maximum atomic E-state index is 2.49. The van der Waals surface area contributed by atoms with Crippen LogP contribution >= 0.6 is 0 Å². The van der Waals surface area contributed by atoms with E-state index in [9.17, 15) is 0 Å². The van der Waals surface area contributed by atoms with Gasteiger partial charge in [-0.25, -0.2) is 0 Å². The quantitative estimate of drug-likeness (QED) is 0.195. The van der Waals surface area contributed by atoms with E-state index in [4.69, 9.17) is 0 Å². The van der Waals surface area contributed by atoms with E-state index in [0.717, 1.165) is 29.6 Å². The normalized spacial score (nSPS) is 16.4. The van der Waals surface area contributed by atoms with Crippen molar-refractivity contribution in [2.24, 2.45) is 29.6 Å². The third kappa shape index (κ3) is 19.1. The first-order chi connectivity index (χ1) is 12.8. The van der Waals surface area contributed by atoms with Crippen LogP contribution in [0, 0.1) is 29.6 Å². The minimum atomic E-state index is 0.879. The molecule has 0 fully saturated rings. The van der Waals surface area contributed by atoms with Gasteiger partial charge in [0, 0.05) is 0 Å². The van der Waals surface area contributed by atoms with Crippen LogP contribution in [-0.4, -0.2) is 0 Å². The van der Waals surface area contributed by atoms with Gasteiger partial charge in [-0.15, -0.1) is 0 Å². The molecule has 0 aliphatic rings. The Kier molecular flexibility index (Phi) is 18.1. The molecule has 0 spiro atoms. The Morgan fingerprint density at radius 1 is 0.370 bits per heavy atom. The summed E-state index contributed by atoms with van der Waals surface area (Å²) in [5.74, 6) is 4.65. The predicted octanol–water partition coefficient (Wildman–Crippen LogP) is 10.1. The Hall–Kier alpha value is 0. The minimum Gasteiger partial charge on any atom is -0.0654 e. The van der Waals surface area contributed by atoms with Gasteiger partial charge in [0.25, 0.3) is 0 Å². The maximum absolute atomic E-state index is 2.49. The zero-order chi connectivity index (χ0) is 20.5. The van der Waals surface area contributed by atoms with E-state index in [1.54, 1.807) is 0 Å². The van der Waals surface area contributed by atoms with Gasteiger partial charge in [0.15, 0.2) is 0 Å². The Balaban J connectivity index is 3.52. The third-order valence-corrected chi connectivity index (χ3v) is 6.69. The molecule has 0 nitrogen and oxygen atoms in total. The lowest BCUT2D eigenvalue weighted by Gasteiger charge is -2.16. The van der Waals surface area contributed by atoms with E-state index in [0.29, 0.717) is 0 Å². The van der Waals surface area contributed by atoms with Gasteiger partial charge in [0.2, 0.25) is 0 Å². The molecule has 4 unspecified atom stereocenters. The number of unbranched alkanes of at least 4 members (excludes halogenated alkanes) is 1. The zero-order valence-corrected chi connectivity index (χ0v) is 20.5. The van der Waals surface area contributed by atoms with Gasteiger partial charge < -0.3 is 0 Å². The molecule has 0 saturated carbocycles. The second-order valence-corrected chi connectivity index (χ2v) is 10.7. The Morgan fingerprint density at radius 2 is 0.667 bits per heavy atom. The molecular formula is C27H56. The fraction of sp³-hybridized carbons (Fsp3) is 1.00. The van der Waals surface area contributed by atoms with Crippen LogP contribution in [-0.2, 0) is 0 Å². The molecule has 0 N–H and O–H groups in total. The Bertz CT molecular complexity index is 292. The van der Waals surface area contributed by atoms with E-state index in [1.807, 2.05) is 0 Å². The first-order valence-electron chi connectivity index (χ1n) is 12.8. The topological polar surface area (TPSA) is 0 Å². The summed E-state index contributed by atoms with van der Waals surface area (Å²) in [6.45, 7) is 16.9. The molecule has 0 aliphatic carbocycles. The minimum absolute atomic E-state index is 0.879. The number of hydrogen-bond acceptors (Lipinski definition) is 0. The monoisotopic (exact) mass is 380 g/mol. The van der Waals surface area contributed by atoms with E-state index in [1.165, 1.54) is 96.3 Å². The lowest BCUT2D eigenvalue weighted by atomic mass is 9.90. The molecule has 0 saturated heterocycles. The summed E-state index contributed by atoms with van der Waals surface area (Å²) in [5, 5.41) is 0. The summed E-state index contributed by atoms with van der Waals surface area (Å²) < 4.78 is 0. The van der Waals surface area contributed by atoms with Gasteiger partial charge >= 0.3 is 0 Å². The van der Waals surface area contributed by atoms with Gasteiger partial charge in [-0.05, 0) is 29.6 Å². The molecule has 0 aromatic heterocycles. The maximum Gasteiger partial charge on any atom is -0.0443 e. The van der Waals surface area contributed by atoms with Crippen LogP contribution in [0.1, 0.15) is 145 Å². The largest absolute Gasteiger partial charge is 0.0654 e. The molecule has 0 aliphatic heterocycles. The average Bonchev–Trinajstić information content (AvgIpc) is 2.58. The summed E-state index contributed by atoms with van der Waals surface area (Å²) >= 11 is 0. The highest BCUT2D eigenvalue weighted by molar-refractivity contribution is 4.62. The predicted molar refractivity (Wildman–Crippen MR) is 126 cm³/mol. The first kappa shape index (κ1) is 27.0. The third-order valence-electron chi connectivity index (χ3n) is 6.69. The SMILES string of the molecule is CCCC(C)CCCCC(C)CCCC(C)CCCC(C)CCCC(C)C. The molecule has 27 heavy (non-hydrogen) atoms. The zero-order valence-electron chi connectivity index (χ0n) is 20.5. The second kappa shape index (κ2) is 18.1. The highest BCUT2D eigenvalue weighted by Gasteiger charge is 2.08. The fourth-order valence-corrected chi connectivity index (χ4v) is 4.56. The van der Waals surface area contributed by atoms with Gasteiger partial charge in [0.1, 0.15) is 0 Å². The average molecular weight is 381 g/mol. The molecule has 164 valence electrons. The van der Waals surface area contributed by atoms with E-state index < -0.39 is 0 Å². The van der Waals surface area contributed by atoms with Crippen molar-refractivity contribution in [3.8, 4) is 0 Å². The molecule has 0 heterocycles. The number of hydrogen-bond donors (Lipinski definition) is 0. The lowest BCUT2D eigenvalue weighted by molar-refractivity contribution is 0.368. The van der Waals surface area contributed by atoms with Crippen molar-refractivity contribution >= 4 is 0 Å². The van der Waals surface area contributed by atoms with Crippen LogP contribution in [0.25, 0.3) is 0 Å². The highest BCUT2D eigenvalue weighted by atomic mass is 14.1. The Labute approximate surface area is 174 Å². The molecule has 0 rings (SSSR count). The fourth-order valence-electron chi connectivity index (χ4n) is 4.56. The smallest absolute Gasteiger partial charge is 0.0443 e.